The van der Waals surface area contributed by atoms with E-state index in [9.17, 15) is 8.78 Å². The molecule has 0 N–H and O–H groups in total. The predicted molar refractivity (Wildman–Crippen MR) is 84.9 cm³/mol. The fraction of sp³-hybridized carbons (Fsp3) is 0.200. The van der Waals surface area contributed by atoms with E-state index in [0.717, 1.165) is 0 Å². The monoisotopic (exact) mass is 378 g/mol. The van der Waals surface area contributed by atoms with Crippen LogP contribution >= 0.6 is 18.6 Å². The Bertz CT molecular complexity index is 511. The number of rotatable bonds is 6. The van der Waals surface area contributed by atoms with Crippen LogP contribution in [-0.2, 0) is 17.0 Å². The van der Waals surface area contributed by atoms with Gasteiger partial charge in [0.15, 0.2) is 0 Å². The molecule has 2 nitrogen and oxygen atoms in total. The Balaban J connectivity index is 0.000000745. The number of para-hydroxylation sites is 2. The summed E-state index contributed by atoms with van der Waals surface area (Å²) in [4.78, 5) is 0. The second-order valence-electron chi connectivity index (χ2n) is 4.09. The molecule has 2 aromatic carbocycles. The molecule has 7 heteroatoms. The van der Waals surface area contributed by atoms with Crippen LogP contribution in [0.15, 0.2) is 48.5 Å². The van der Waals surface area contributed by atoms with E-state index in [-0.39, 0.29) is 11.6 Å². The fourth-order valence-corrected chi connectivity index (χ4v) is 1.63. The van der Waals surface area contributed by atoms with Crippen molar-refractivity contribution in [3.63, 3.8) is 0 Å². The van der Waals surface area contributed by atoms with Gasteiger partial charge in [-0.2, -0.15) is 0 Å². The Morgan fingerprint density at radius 3 is 1.50 bits per heavy atom. The standard InChI is InChI=1S/C15H14F2N2.2ClH.Ti/c16-12-6-1-3-8-14(12)18-10-5-11-19-15-9-4-2-7-13(15)17;;;/h1-4,6-9H,5,10-11H2;2*1H;/q-2;;;+2/p-2. The van der Waals surface area contributed by atoms with Gasteiger partial charge in [-0.05, 0) is 12.1 Å². The maximum absolute atomic E-state index is 13.2. The quantitative estimate of drug-likeness (QED) is 0.408. The van der Waals surface area contributed by atoms with E-state index >= 15 is 0 Å². The van der Waals surface area contributed by atoms with Crippen molar-refractivity contribution in [2.45, 2.75) is 6.42 Å². The summed E-state index contributed by atoms with van der Waals surface area (Å²) in [7, 11) is 9.78. The average Bonchev–Trinajstić information content (AvgIpc) is 2.51. The molecule has 0 aliphatic rings. The van der Waals surface area contributed by atoms with Crippen LogP contribution in [0.3, 0.4) is 0 Å². The summed E-state index contributed by atoms with van der Waals surface area (Å²) in [6.45, 7) is 0.942. The molecule has 0 unspecified atom stereocenters. The molecule has 0 heterocycles. The molecular formula is C15H14Cl2F2N2Ti-2. The summed E-state index contributed by atoms with van der Waals surface area (Å²) < 4.78 is 26.5. The molecule has 0 fully saturated rings. The van der Waals surface area contributed by atoms with Crippen molar-refractivity contribution in [3.05, 3.63) is 70.8 Å². The van der Waals surface area contributed by atoms with E-state index in [2.05, 4.69) is 10.6 Å². The van der Waals surface area contributed by atoms with Crippen LogP contribution in [0.1, 0.15) is 6.42 Å². The first-order valence-electron chi connectivity index (χ1n) is 6.49. The van der Waals surface area contributed by atoms with Gasteiger partial charge in [-0.3, -0.25) is 0 Å². The molecule has 0 spiro atoms. The zero-order valence-corrected chi connectivity index (χ0v) is 14.7. The number of halogens is 4. The van der Waals surface area contributed by atoms with E-state index in [1.165, 1.54) is 12.1 Å². The van der Waals surface area contributed by atoms with Crippen molar-refractivity contribution in [1.29, 1.82) is 0 Å². The zero-order chi connectivity index (χ0) is 16.2. The van der Waals surface area contributed by atoms with Crippen molar-refractivity contribution in [2.24, 2.45) is 0 Å². The fourth-order valence-electron chi connectivity index (χ4n) is 1.63. The first-order valence-corrected chi connectivity index (χ1v) is 10.8. The van der Waals surface area contributed by atoms with Gasteiger partial charge in [0.2, 0.25) is 0 Å². The van der Waals surface area contributed by atoms with Crippen LogP contribution in [-0.4, -0.2) is 13.1 Å². The third-order valence-electron chi connectivity index (χ3n) is 2.59. The Morgan fingerprint density at radius 2 is 1.14 bits per heavy atom. The number of hydrogen-bond acceptors (Lipinski definition) is 0. The van der Waals surface area contributed by atoms with Crippen LogP contribution in [0.5, 0.6) is 0 Å². The minimum atomic E-state index is -0.556. The van der Waals surface area contributed by atoms with E-state index in [4.69, 9.17) is 18.6 Å². The van der Waals surface area contributed by atoms with Gasteiger partial charge in [0.05, 0.1) is 0 Å². The van der Waals surface area contributed by atoms with Gasteiger partial charge in [-0.1, -0.05) is 42.8 Å². The Kier molecular flexibility index (Phi) is 10.3. The molecule has 0 saturated carbocycles. The van der Waals surface area contributed by atoms with E-state index in [1.807, 2.05) is 0 Å². The molecule has 0 atom stereocenters. The van der Waals surface area contributed by atoms with Gasteiger partial charge < -0.3 is 10.6 Å². The number of nitrogens with zero attached hydrogens (tertiary/aromatic N) is 2. The third-order valence-corrected chi connectivity index (χ3v) is 2.59. The van der Waals surface area contributed by atoms with Gasteiger partial charge >= 0.3 is 35.6 Å². The molecule has 0 bridgehead atoms. The second kappa shape index (κ2) is 11.7. The van der Waals surface area contributed by atoms with Crippen molar-refractivity contribution in [3.8, 4) is 0 Å². The molecule has 22 heavy (non-hydrogen) atoms. The first-order chi connectivity index (χ1) is 10.7. The number of hydrogen-bond donors (Lipinski definition) is 0. The van der Waals surface area contributed by atoms with Crippen molar-refractivity contribution in [1.82, 2.24) is 0 Å². The van der Waals surface area contributed by atoms with Gasteiger partial charge in [-0.25, -0.2) is 8.78 Å². The van der Waals surface area contributed by atoms with Crippen LogP contribution in [0.2, 0.25) is 0 Å². The Hall–Kier alpha value is -0.806. The summed E-state index contributed by atoms with van der Waals surface area (Å²) in [5, 5.41) is 8.26. The normalized spacial score (nSPS) is 9.45. The second-order valence-corrected chi connectivity index (χ2v) is 6.67. The van der Waals surface area contributed by atoms with Crippen molar-refractivity contribution in [2.75, 3.05) is 13.1 Å². The molecule has 0 radical (unpaired) electrons. The van der Waals surface area contributed by atoms with Crippen molar-refractivity contribution >= 4 is 30.0 Å². The topological polar surface area (TPSA) is 28.2 Å². The van der Waals surface area contributed by atoms with Gasteiger partial charge in [0.25, 0.3) is 0 Å². The molecule has 0 saturated heterocycles. The van der Waals surface area contributed by atoms with Crippen LogP contribution < -0.4 is 0 Å². The maximum atomic E-state index is 13.2. The van der Waals surface area contributed by atoms with Crippen LogP contribution in [0, 0.1) is 11.6 Å². The number of benzene rings is 2. The summed E-state index contributed by atoms with van der Waals surface area (Å²) in [5.74, 6) is -0.651. The first kappa shape index (κ1) is 19.2. The van der Waals surface area contributed by atoms with E-state index in [0.29, 0.717) is 30.9 Å². The summed E-state index contributed by atoms with van der Waals surface area (Å²) in [6, 6.07) is 12.7. The minimum absolute atomic E-state index is 0.325. The van der Waals surface area contributed by atoms with Gasteiger partial charge in [0, 0.05) is 0 Å². The Morgan fingerprint density at radius 1 is 0.773 bits per heavy atom. The Labute approximate surface area is 145 Å². The molecular weight excluding hydrogens is 365 g/mol. The van der Waals surface area contributed by atoms with Crippen LogP contribution in [0.25, 0.3) is 10.6 Å². The molecule has 0 aromatic heterocycles. The van der Waals surface area contributed by atoms with Gasteiger partial charge in [0.1, 0.15) is 11.6 Å². The summed E-state index contributed by atoms with van der Waals surface area (Å²) in [6.07, 6.45) is 0.655. The third kappa shape index (κ3) is 7.45. The van der Waals surface area contributed by atoms with E-state index in [1.54, 1.807) is 36.4 Å². The van der Waals surface area contributed by atoms with Crippen LogP contribution in [0.4, 0.5) is 20.2 Å². The summed E-state index contributed by atoms with van der Waals surface area (Å²) in [5.41, 5.74) is 0.710. The molecule has 0 amide bonds. The summed E-state index contributed by atoms with van der Waals surface area (Å²) >= 11 is -0.556. The molecule has 0 aliphatic carbocycles. The zero-order valence-electron chi connectivity index (χ0n) is 11.6. The average molecular weight is 379 g/mol. The molecule has 2 aromatic rings. The predicted octanol–water partition coefficient (Wildman–Crippen LogP) is 6.44. The SMILES string of the molecule is Fc1ccccc1[N-]CCC[N-]c1ccccc1F.[Cl][Ti][Cl]. The molecule has 0 aliphatic heterocycles. The van der Waals surface area contributed by atoms with Crippen molar-refractivity contribution < 1.29 is 25.8 Å². The van der Waals surface area contributed by atoms with Gasteiger partial charge in [-0.15, -0.1) is 24.5 Å². The molecule has 118 valence electrons. The van der Waals surface area contributed by atoms with E-state index < -0.39 is 17.0 Å². The molecule has 2 rings (SSSR count).